The van der Waals surface area contributed by atoms with E-state index in [0.717, 1.165) is 18.4 Å². The van der Waals surface area contributed by atoms with Crippen LogP contribution in [0.4, 0.5) is 5.69 Å². The van der Waals surface area contributed by atoms with E-state index in [0.29, 0.717) is 5.69 Å². The zero-order chi connectivity index (χ0) is 16.1. The fourth-order valence-corrected chi connectivity index (χ4v) is 1.91. The molecule has 1 atom stereocenters. The molecule has 2 N–H and O–H groups in total. The summed E-state index contributed by atoms with van der Waals surface area (Å²) in [6, 6.07) is 7.15. The molecule has 0 heterocycles. The van der Waals surface area contributed by atoms with Crippen molar-refractivity contribution >= 4 is 23.5 Å². The van der Waals surface area contributed by atoms with E-state index >= 15 is 0 Å². The lowest BCUT2D eigenvalue weighted by atomic mass is 10.1. The molecule has 2 rings (SSSR count). The largest absolute Gasteiger partial charge is 0.452 e. The summed E-state index contributed by atoms with van der Waals surface area (Å²) >= 11 is 0. The topological polar surface area (TPSA) is 84.5 Å². The van der Waals surface area contributed by atoms with Crippen LogP contribution in [0.15, 0.2) is 24.3 Å². The molecule has 0 aromatic heterocycles. The Morgan fingerprint density at radius 2 is 1.86 bits per heavy atom. The first-order valence-electron chi connectivity index (χ1n) is 7.30. The molecule has 1 fully saturated rings. The summed E-state index contributed by atoms with van der Waals surface area (Å²) in [7, 11) is 0. The zero-order valence-corrected chi connectivity index (χ0v) is 12.7. The van der Waals surface area contributed by atoms with Gasteiger partial charge in [0.1, 0.15) is 0 Å². The van der Waals surface area contributed by atoms with Crippen LogP contribution in [0.5, 0.6) is 0 Å². The predicted octanol–water partition coefficient (Wildman–Crippen LogP) is 1.40. The minimum Gasteiger partial charge on any atom is -0.452 e. The van der Waals surface area contributed by atoms with Crippen LogP contribution in [0.1, 0.15) is 32.3 Å². The van der Waals surface area contributed by atoms with Crippen molar-refractivity contribution < 1.29 is 19.1 Å². The predicted molar refractivity (Wildman–Crippen MR) is 81.2 cm³/mol. The highest BCUT2D eigenvalue weighted by Crippen LogP contribution is 2.19. The Morgan fingerprint density at radius 3 is 2.41 bits per heavy atom. The molecule has 6 heteroatoms. The maximum atomic E-state index is 11.8. The molecular formula is C16H20N2O4. The molecule has 1 saturated carbocycles. The highest BCUT2D eigenvalue weighted by molar-refractivity contribution is 5.88. The lowest BCUT2D eigenvalue weighted by Gasteiger charge is -2.13. The van der Waals surface area contributed by atoms with Crippen molar-refractivity contribution in [1.29, 1.82) is 0 Å². The van der Waals surface area contributed by atoms with Gasteiger partial charge < -0.3 is 15.4 Å². The van der Waals surface area contributed by atoms with Crippen molar-refractivity contribution in [2.24, 2.45) is 0 Å². The fourth-order valence-electron chi connectivity index (χ4n) is 1.91. The van der Waals surface area contributed by atoms with Gasteiger partial charge in [0.05, 0.1) is 6.42 Å². The lowest BCUT2D eigenvalue weighted by molar-refractivity contribution is -0.154. The van der Waals surface area contributed by atoms with Gasteiger partial charge in [0.25, 0.3) is 5.91 Å². The normalized spacial score (nSPS) is 14.8. The molecule has 118 valence electrons. The van der Waals surface area contributed by atoms with E-state index in [4.69, 9.17) is 4.74 Å². The standard InChI is InChI=1S/C16H20N2O4/c1-10(16(21)18-14-7-8-14)22-15(20)9-12-3-5-13(6-4-12)17-11(2)19/h3-6,10,14H,7-9H2,1-2H3,(H,17,19)(H,18,21)/t10-/m1/s1. The van der Waals surface area contributed by atoms with Gasteiger partial charge in [-0.2, -0.15) is 0 Å². The van der Waals surface area contributed by atoms with Gasteiger partial charge in [0.15, 0.2) is 6.10 Å². The summed E-state index contributed by atoms with van der Waals surface area (Å²) in [6.07, 6.45) is 1.29. The van der Waals surface area contributed by atoms with Gasteiger partial charge >= 0.3 is 5.97 Å². The van der Waals surface area contributed by atoms with Gasteiger partial charge in [-0.3, -0.25) is 14.4 Å². The van der Waals surface area contributed by atoms with E-state index in [1.54, 1.807) is 31.2 Å². The second kappa shape index (κ2) is 7.06. The molecular weight excluding hydrogens is 284 g/mol. The summed E-state index contributed by atoms with van der Waals surface area (Å²) in [5.41, 5.74) is 1.43. The number of benzene rings is 1. The Labute approximate surface area is 129 Å². The maximum Gasteiger partial charge on any atom is 0.311 e. The number of nitrogens with one attached hydrogen (secondary N) is 2. The quantitative estimate of drug-likeness (QED) is 0.778. The van der Waals surface area contributed by atoms with E-state index in [1.807, 2.05) is 0 Å². The average Bonchev–Trinajstić information content (AvgIpc) is 3.24. The van der Waals surface area contributed by atoms with Gasteiger partial charge in [0.2, 0.25) is 5.91 Å². The van der Waals surface area contributed by atoms with Gasteiger partial charge in [-0.05, 0) is 37.5 Å². The third kappa shape index (κ3) is 5.20. The highest BCUT2D eigenvalue weighted by atomic mass is 16.5. The van der Waals surface area contributed by atoms with E-state index in [9.17, 15) is 14.4 Å². The molecule has 22 heavy (non-hydrogen) atoms. The SMILES string of the molecule is CC(=O)Nc1ccc(CC(=O)O[C@H](C)C(=O)NC2CC2)cc1. The highest BCUT2D eigenvalue weighted by Gasteiger charge is 2.27. The molecule has 1 aliphatic carbocycles. The minimum atomic E-state index is -0.785. The van der Waals surface area contributed by atoms with Crippen LogP contribution >= 0.6 is 0 Å². The van der Waals surface area contributed by atoms with Gasteiger partial charge in [-0.15, -0.1) is 0 Å². The summed E-state index contributed by atoms with van der Waals surface area (Å²) in [5, 5.41) is 5.44. The van der Waals surface area contributed by atoms with E-state index in [-0.39, 0.29) is 24.3 Å². The molecule has 0 saturated heterocycles. The minimum absolute atomic E-state index is 0.0847. The van der Waals surface area contributed by atoms with Gasteiger partial charge in [-0.1, -0.05) is 12.1 Å². The van der Waals surface area contributed by atoms with Crippen LogP contribution in [0, 0.1) is 0 Å². The van der Waals surface area contributed by atoms with Crippen LogP contribution in [0.25, 0.3) is 0 Å². The van der Waals surface area contributed by atoms with E-state index in [2.05, 4.69) is 10.6 Å². The van der Waals surface area contributed by atoms with Crippen molar-refractivity contribution in [1.82, 2.24) is 5.32 Å². The molecule has 0 aliphatic heterocycles. The fraction of sp³-hybridized carbons (Fsp3) is 0.438. The van der Waals surface area contributed by atoms with Gasteiger partial charge in [-0.25, -0.2) is 0 Å². The van der Waals surface area contributed by atoms with E-state index in [1.165, 1.54) is 6.92 Å². The number of anilines is 1. The molecule has 0 spiro atoms. The number of carbonyl (C=O) groups excluding carboxylic acids is 3. The Morgan fingerprint density at radius 1 is 1.23 bits per heavy atom. The zero-order valence-electron chi connectivity index (χ0n) is 12.7. The molecule has 6 nitrogen and oxygen atoms in total. The number of hydrogen-bond donors (Lipinski definition) is 2. The molecule has 0 radical (unpaired) electrons. The molecule has 1 aliphatic rings. The van der Waals surface area contributed by atoms with Crippen LogP contribution in [0.3, 0.4) is 0 Å². The van der Waals surface area contributed by atoms with Crippen LogP contribution < -0.4 is 10.6 Å². The van der Waals surface area contributed by atoms with Crippen LogP contribution in [-0.2, 0) is 25.5 Å². The summed E-state index contributed by atoms with van der Waals surface area (Å²) in [6.45, 7) is 2.99. The Bertz CT molecular complexity index is 564. The van der Waals surface area contributed by atoms with E-state index < -0.39 is 12.1 Å². The second-order valence-corrected chi connectivity index (χ2v) is 5.47. The number of amides is 2. The lowest BCUT2D eigenvalue weighted by Crippen LogP contribution is -2.37. The first-order chi connectivity index (χ1) is 10.4. The van der Waals surface area contributed by atoms with Crippen molar-refractivity contribution in [2.75, 3.05) is 5.32 Å². The summed E-state index contributed by atoms with van der Waals surface area (Å²) < 4.78 is 5.12. The number of rotatable bonds is 6. The van der Waals surface area contributed by atoms with Crippen molar-refractivity contribution in [3.8, 4) is 0 Å². The first kappa shape index (κ1) is 16.0. The number of hydrogen-bond acceptors (Lipinski definition) is 4. The molecule has 0 unspecified atom stereocenters. The van der Waals surface area contributed by atoms with Crippen LogP contribution in [0.2, 0.25) is 0 Å². The van der Waals surface area contributed by atoms with Crippen molar-refractivity contribution in [2.45, 2.75) is 45.3 Å². The number of ether oxygens (including phenoxy) is 1. The Balaban J connectivity index is 1.80. The third-order valence-corrected chi connectivity index (χ3v) is 3.22. The average molecular weight is 304 g/mol. The maximum absolute atomic E-state index is 11.8. The number of carbonyl (C=O) groups is 3. The third-order valence-electron chi connectivity index (χ3n) is 3.22. The smallest absolute Gasteiger partial charge is 0.311 e. The number of esters is 1. The van der Waals surface area contributed by atoms with Crippen molar-refractivity contribution in [3.05, 3.63) is 29.8 Å². The summed E-state index contributed by atoms with van der Waals surface area (Å²) in [4.78, 5) is 34.4. The molecule has 0 bridgehead atoms. The van der Waals surface area contributed by atoms with Crippen molar-refractivity contribution in [3.63, 3.8) is 0 Å². The van der Waals surface area contributed by atoms with Gasteiger partial charge in [0, 0.05) is 18.7 Å². The molecule has 2 amide bonds. The Hall–Kier alpha value is -2.37. The second-order valence-electron chi connectivity index (χ2n) is 5.47. The Kier molecular flexibility index (Phi) is 5.14. The monoisotopic (exact) mass is 304 g/mol. The summed E-state index contributed by atoms with van der Waals surface area (Å²) in [5.74, 6) is -0.856. The van der Waals surface area contributed by atoms with Crippen LogP contribution in [-0.4, -0.2) is 29.9 Å². The first-order valence-corrected chi connectivity index (χ1v) is 7.30. The molecule has 1 aromatic carbocycles. The molecule has 1 aromatic rings.